The van der Waals surface area contributed by atoms with E-state index in [4.69, 9.17) is 9.84 Å². The molecule has 16 heavy (non-hydrogen) atoms. The van der Waals surface area contributed by atoms with Crippen LogP contribution < -0.4 is 5.32 Å². The summed E-state index contributed by atoms with van der Waals surface area (Å²) in [6.45, 7) is 0.686. The second kappa shape index (κ2) is 6.44. The van der Waals surface area contributed by atoms with Gasteiger partial charge >= 0.3 is 5.97 Å². The number of carbonyl (C=O) groups excluding carboxylic acids is 1. The van der Waals surface area contributed by atoms with Gasteiger partial charge in [0.15, 0.2) is 6.10 Å². The summed E-state index contributed by atoms with van der Waals surface area (Å²) >= 11 is 0. The standard InChI is InChI=1S/C10H17NO5/c1-15-8(10(13)14)6-11-9(12)5-7-3-2-4-16-7/h7-8H,2-6H2,1H3,(H,11,12)(H,13,14). The molecular weight excluding hydrogens is 214 g/mol. The lowest BCUT2D eigenvalue weighted by atomic mass is 10.2. The molecule has 0 radical (unpaired) electrons. The van der Waals surface area contributed by atoms with Crippen LogP contribution in [0, 0.1) is 0 Å². The highest BCUT2D eigenvalue weighted by Crippen LogP contribution is 2.14. The predicted octanol–water partition coefficient (Wildman–Crippen LogP) is -0.229. The average Bonchev–Trinajstić information content (AvgIpc) is 2.70. The van der Waals surface area contributed by atoms with Gasteiger partial charge in [-0.1, -0.05) is 0 Å². The topological polar surface area (TPSA) is 84.9 Å². The zero-order chi connectivity index (χ0) is 12.0. The third-order valence-corrected chi connectivity index (χ3v) is 2.48. The fourth-order valence-electron chi connectivity index (χ4n) is 1.56. The van der Waals surface area contributed by atoms with Gasteiger partial charge in [-0.25, -0.2) is 4.79 Å². The summed E-state index contributed by atoms with van der Waals surface area (Å²) < 4.78 is 9.98. The molecule has 92 valence electrons. The van der Waals surface area contributed by atoms with Gasteiger partial charge < -0.3 is 19.9 Å². The Balaban J connectivity index is 2.20. The quantitative estimate of drug-likeness (QED) is 0.659. The smallest absolute Gasteiger partial charge is 0.334 e. The summed E-state index contributed by atoms with van der Waals surface area (Å²) in [6, 6.07) is 0. The Labute approximate surface area is 93.9 Å². The van der Waals surface area contributed by atoms with E-state index in [9.17, 15) is 9.59 Å². The highest BCUT2D eigenvalue weighted by molar-refractivity contribution is 5.78. The van der Waals surface area contributed by atoms with Crippen LogP contribution in [0.2, 0.25) is 0 Å². The van der Waals surface area contributed by atoms with Crippen LogP contribution in [0.15, 0.2) is 0 Å². The number of hydrogen-bond donors (Lipinski definition) is 2. The van der Waals surface area contributed by atoms with Crippen molar-refractivity contribution in [2.45, 2.75) is 31.5 Å². The minimum Gasteiger partial charge on any atom is -0.479 e. The van der Waals surface area contributed by atoms with E-state index in [1.165, 1.54) is 7.11 Å². The monoisotopic (exact) mass is 231 g/mol. The number of nitrogens with one attached hydrogen (secondary N) is 1. The van der Waals surface area contributed by atoms with Gasteiger partial charge in [-0.15, -0.1) is 0 Å². The van der Waals surface area contributed by atoms with Gasteiger partial charge in [-0.3, -0.25) is 4.79 Å². The van der Waals surface area contributed by atoms with E-state index in [0.29, 0.717) is 6.61 Å². The molecule has 0 aromatic heterocycles. The number of ether oxygens (including phenoxy) is 2. The Morgan fingerprint density at radius 3 is 2.88 bits per heavy atom. The van der Waals surface area contributed by atoms with E-state index < -0.39 is 12.1 Å². The van der Waals surface area contributed by atoms with E-state index in [1.807, 2.05) is 0 Å². The number of rotatable bonds is 6. The molecular formula is C10H17NO5. The Hall–Kier alpha value is -1.14. The molecule has 2 unspecified atom stereocenters. The van der Waals surface area contributed by atoms with Crippen molar-refractivity contribution in [2.24, 2.45) is 0 Å². The molecule has 0 aliphatic carbocycles. The molecule has 1 saturated heterocycles. The second-order valence-electron chi connectivity index (χ2n) is 3.71. The van der Waals surface area contributed by atoms with E-state index >= 15 is 0 Å². The molecule has 0 spiro atoms. The summed E-state index contributed by atoms with van der Waals surface area (Å²) in [4.78, 5) is 22.0. The van der Waals surface area contributed by atoms with E-state index in [-0.39, 0.29) is 25.0 Å². The molecule has 0 saturated carbocycles. The maximum absolute atomic E-state index is 11.4. The summed E-state index contributed by atoms with van der Waals surface area (Å²) in [5, 5.41) is 11.2. The normalized spacial score (nSPS) is 21.7. The van der Waals surface area contributed by atoms with Crippen molar-refractivity contribution in [3.05, 3.63) is 0 Å². The largest absolute Gasteiger partial charge is 0.479 e. The average molecular weight is 231 g/mol. The Kier molecular flexibility index (Phi) is 5.21. The molecule has 1 aliphatic rings. The molecule has 2 N–H and O–H groups in total. The van der Waals surface area contributed by atoms with Crippen LogP contribution in [0.1, 0.15) is 19.3 Å². The molecule has 1 fully saturated rings. The first-order valence-corrected chi connectivity index (χ1v) is 5.27. The van der Waals surface area contributed by atoms with Crippen molar-refractivity contribution in [1.82, 2.24) is 5.32 Å². The molecule has 1 heterocycles. The van der Waals surface area contributed by atoms with Gasteiger partial charge in [-0.05, 0) is 12.8 Å². The minimum atomic E-state index is -1.08. The summed E-state index contributed by atoms with van der Waals surface area (Å²) in [6.07, 6.45) is 1.14. The van der Waals surface area contributed by atoms with Crippen LogP contribution >= 0.6 is 0 Å². The molecule has 6 heteroatoms. The first-order valence-electron chi connectivity index (χ1n) is 5.27. The Morgan fingerprint density at radius 1 is 1.62 bits per heavy atom. The van der Waals surface area contributed by atoms with Crippen LogP contribution in [0.25, 0.3) is 0 Å². The van der Waals surface area contributed by atoms with Crippen LogP contribution in [0.4, 0.5) is 0 Å². The minimum absolute atomic E-state index is 0.0165. The zero-order valence-corrected chi connectivity index (χ0v) is 9.27. The molecule has 1 rings (SSSR count). The molecule has 2 atom stereocenters. The Morgan fingerprint density at radius 2 is 2.38 bits per heavy atom. The van der Waals surface area contributed by atoms with Crippen LogP contribution in [-0.4, -0.2) is 49.5 Å². The van der Waals surface area contributed by atoms with Gasteiger partial charge in [0.05, 0.1) is 19.1 Å². The third-order valence-electron chi connectivity index (χ3n) is 2.48. The number of methoxy groups -OCH3 is 1. The number of carboxylic acid groups (broad SMARTS) is 1. The zero-order valence-electron chi connectivity index (χ0n) is 9.27. The van der Waals surface area contributed by atoms with Crippen molar-refractivity contribution in [1.29, 1.82) is 0 Å². The van der Waals surface area contributed by atoms with Crippen LogP contribution in [0.5, 0.6) is 0 Å². The summed E-state index contributed by atoms with van der Waals surface area (Å²) in [5.41, 5.74) is 0. The fraction of sp³-hybridized carbons (Fsp3) is 0.800. The number of carboxylic acids is 1. The first kappa shape index (κ1) is 12.9. The van der Waals surface area contributed by atoms with Gasteiger partial charge in [-0.2, -0.15) is 0 Å². The van der Waals surface area contributed by atoms with E-state index in [0.717, 1.165) is 12.8 Å². The Bertz CT molecular complexity index is 250. The van der Waals surface area contributed by atoms with Crippen LogP contribution in [0.3, 0.4) is 0 Å². The number of aliphatic carboxylic acids is 1. The lowest BCUT2D eigenvalue weighted by Gasteiger charge is -2.13. The van der Waals surface area contributed by atoms with Crippen molar-refractivity contribution in [2.75, 3.05) is 20.3 Å². The molecule has 1 aliphatic heterocycles. The summed E-state index contributed by atoms with van der Waals surface area (Å²) in [7, 11) is 1.30. The molecule has 0 bridgehead atoms. The SMILES string of the molecule is COC(CNC(=O)CC1CCCO1)C(=O)O. The highest BCUT2D eigenvalue weighted by atomic mass is 16.5. The lowest BCUT2D eigenvalue weighted by Crippen LogP contribution is -2.38. The predicted molar refractivity (Wildman–Crippen MR) is 55.0 cm³/mol. The van der Waals surface area contributed by atoms with Crippen molar-refractivity contribution >= 4 is 11.9 Å². The first-order chi connectivity index (χ1) is 7.63. The molecule has 0 aromatic carbocycles. The number of amides is 1. The third kappa shape index (κ3) is 4.16. The number of carbonyl (C=O) groups is 2. The van der Waals surface area contributed by atoms with Gasteiger partial charge in [0.1, 0.15) is 0 Å². The molecule has 6 nitrogen and oxygen atoms in total. The molecule has 1 amide bonds. The molecule has 0 aromatic rings. The van der Waals surface area contributed by atoms with Gasteiger partial charge in [0.2, 0.25) is 5.91 Å². The summed E-state index contributed by atoms with van der Waals surface area (Å²) in [5.74, 6) is -1.28. The van der Waals surface area contributed by atoms with E-state index in [2.05, 4.69) is 10.1 Å². The maximum atomic E-state index is 11.4. The van der Waals surface area contributed by atoms with E-state index in [1.54, 1.807) is 0 Å². The fourth-order valence-corrected chi connectivity index (χ4v) is 1.56. The van der Waals surface area contributed by atoms with Crippen molar-refractivity contribution < 1.29 is 24.2 Å². The van der Waals surface area contributed by atoms with Crippen LogP contribution in [-0.2, 0) is 19.1 Å². The second-order valence-corrected chi connectivity index (χ2v) is 3.71. The van der Waals surface area contributed by atoms with Gasteiger partial charge in [0.25, 0.3) is 0 Å². The maximum Gasteiger partial charge on any atom is 0.334 e. The van der Waals surface area contributed by atoms with Crippen molar-refractivity contribution in [3.8, 4) is 0 Å². The highest BCUT2D eigenvalue weighted by Gasteiger charge is 2.21. The lowest BCUT2D eigenvalue weighted by molar-refractivity contribution is -0.148. The number of hydrogen-bond acceptors (Lipinski definition) is 4. The van der Waals surface area contributed by atoms with Crippen molar-refractivity contribution in [3.63, 3.8) is 0 Å². The van der Waals surface area contributed by atoms with Gasteiger partial charge in [0, 0.05) is 13.7 Å².